The minimum Gasteiger partial charge on any atom is -0.508 e. The van der Waals surface area contributed by atoms with Crippen molar-refractivity contribution in [3.8, 4) is 5.75 Å². The Hall–Kier alpha value is -2.95. The fraction of sp³-hybridized carbons (Fsp3) is 0.250. The van der Waals surface area contributed by atoms with Crippen LogP contribution in [-0.2, 0) is 13.5 Å². The number of hydrogen-bond donors (Lipinski definition) is 2. The summed E-state index contributed by atoms with van der Waals surface area (Å²) in [5.41, 5.74) is 3.89. The van der Waals surface area contributed by atoms with Gasteiger partial charge in [0.1, 0.15) is 5.75 Å². The number of hydrogen-bond acceptors (Lipinski definition) is 3. The molecule has 0 saturated carbocycles. The normalized spacial score (nSPS) is 10.8. The summed E-state index contributed by atoms with van der Waals surface area (Å²) in [5, 5.41) is 13.7. The van der Waals surface area contributed by atoms with E-state index in [4.69, 9.17) is 0 Å². The molecule has 3 rings (SSSR count). The summed E-state index contributed by atoms with van der Waals surface area (Å²) in [6.45, 7) is 0.545. The molecule has 1 heterocycles. The van der Waals surface area contributed by atoms with Crippen molar-refractivity contribution in [1.29, 1.82) is 0 Å². The highest BCUT2D eigenvalue weighted by molar-refractivity contribution is 5.94. The summed E-state index contributed by atoms with van der Waals surface area (Å²) in [4.78, 5) is 14.3. The maximum absolute atomic E-state index is 12.3. The highest BCUT2D eigenvalue weighted by atomic mass is 16.3. The van der Waals surface area contributed by atoms with E-state index < -0.39 is 0 Å². The Balaban J connectivity index is 1.65. The first-order chi connectivity index (χ1) is 12.0. The number of aromatic nitrogens is 1. The number of phenols is 1. The van der Waals surface area contributed by atoms with Gasteiger partial charge in [-0.2, -0.15) is 0 Å². The molecule has 2 N–H and O–H groups in total. The summed E-state index contributed by atoms with van der Waals surface area (Å²) in [6.07, 6.45) is 2.75. The van der Waals surface area contributed by atoms with Crippen LogP contribution in [-0.4, -0.2) is 36.2 Å². The van der Waals surface area contributed by atoms with Crippen LogP contribution in [0, 0.1) is 0 Å². The van der Waals surface area contributed by atoms with Crippen LogP contribution < -0.4 is 10.2 Å². The molecular weight excluding hydrogens is 314 g/mol. The zero-order valence-electron chi connectivity index (χ0n) is 14.8. The van der Waals surface area contributed by atoms with Gasteiger partial charge < -0.3 is 19.9 Å². The SMILES string of the molecule is CN(C)c1ccc(C(=O)NCCc2cn(C)c3ccc(O)cc23)cc1. The second-order valence-electron chi connectivity index (χ2n) is 6.41. The smallest absolute Gasteiger partial charge is 0.251 e. The highest BCUT2D eigenvalue weighted by Gasteiger charge is 2.09. The molecule has 1 amide bonds. The molecule has 0 spiro atoms. The molecule has 0 fully saturated rings. The van der Waals surface area contributed by atoms with Crippen LogP contribution in [0.5, 0.6) is 5.75 Å². The van der Waals surface area contributed by atoms with Gasteiger partial charge in [-0.3, -0.25) is 4.79 Å². The quantitative estimate of drug-likeness (QED) is 0.753. The number of aryl methyl sites for hydroxylation is 1. The van der Waals surface area contributed by atoms with E-state index in [-0.39, 0.29) is 11.7 Å². The first kappa shape index (κ1) is 16.9. The topological polar surface area (TPSA) is 57.5 Å². The van der Waals surface area contributed by atoms with Gasteiger partial charge in [0, 0.05) is 56.0 Å². The van der Waals surface area contributed by atoms with E-state index in [2.05, 4.69) is 5.32 Å². The summed E-state index contributed by atoms with van der Waals surface area (Å²) in [7, 11) is 5.92. The fourth-order valence-electron chi connectivity index (χ4n) is 2.98. The van der Waals surface area contributed by atoms with E-state index in [1.165, 1.54) is 0 Å². The lowest BCUT2D eigenvalue weighted by Crippen LogP contribution is -2.25. The Morgan fingerprint density at radius 1 is 1.16 bits per heavy atom. The van der Waals surface area contributed by atoms with Crippen molar-refractivity contribution >= 4 is 22.5 Å². The van der Waals surface area contributed by atoms with Crippen LogP contribution in [0.3, 0.4) is 0 Å². The molecule has 2 aromatic carbocycles. The lowest BCUT2D eigenvalue weighted by atomic mass is 10.1. The number of aromatic hydroxyl groups is 1. The second kappa shape index (κ2) is 6.89. The molecule has 0 aliphatic rings. The molecule has 0 bridgehead atoms. The van der Waals surface area contributed by atoms with Gasteiger partial charge in [0.2, 0.25) is 0 Å². The minimum atomic E-state index is -0.0756. The van der Waals surface area contributed by atoms with E-state index in [0.29, 0.717) is 18.5 Å². The largest absolute Gasteiger partial charge is 0.508 e. The highest BCUT2D eigenvalue weighted by Crippen LogP contribution is 2.25. The second-order valence-corrected chi connectivity index (χ2v) is 6.41. The molecule has 3 aromatic rings. The van der Waals surface area contributed by atoms with Crippen LogP contribution >= 0.6 is 0 Å². The van der Waals surface area contributed by atoms with Gasteiger partial charge in [-0.15, -0.1) is 0 Å². The maximum atomic E-state index is 12.3. The third-order valence-corrected chi connectivity index (χ3v) is 4.38. The maximum Gasteiger partial charge on any atom is 0.251 e. The third-order valence-electron chi connectivity index (χ3n) is 4.38. The van der Waals surface area contributed by atoms with Gasteiger partial charge in [-0.25, -0.2) is 0 Å². The van der Waals surface area contributed by atoms with Crippen LogP contribution in [0.1, 0.15) is 15.9 Å². The number of carbonyl (C=O) groups is 1. The van der Waals surface area contributed by atoms with E-state index in [9.17, 15) is 9.90 Å². The van der Waals surface area contributed by atoms with Gasteiger partial charge >= 0.3 is 0 Å². The third kappa shape index (κ3) is 3.60. The number of fused-ring (bicyclic) bond motifs is 1. The molecule has 0 saturated heterocycles. The molecule has 0 aliphatic carbocycles. The van der Waals surface area contributed by atoms with Gasteiger partial charge in [0.15, 0.2) is 0 Å². The predicted octanol–water partition coefficient (Wildman–Crippen LogP) is 2.92. The molecule has 5 heteroatoms. The molecule has 0 radical (unpaired) electrons. The molecule has 0 aliphatic heterocycles. The van der Waals surface area contributed by atoms with Crippen molar-refractivity contribution in [2.45, 2.75) is 6.42 Å². The number of phenolic OH excluding ortho intramolecular Hbond substituents is 1. The van der Waals surface area contributed by atoms with Crippen molar-refractivity contribution in [3.63, 3.8) is 0 Å². The van der Waals surface area contributed by atoms with E-state index in [0.717, 1.165) is 22.2 Å². The number of benzene rings is 2. The first-order valence-corrected chi connectivity index (χ1v) is 8.28. The number of amides is 1. The van der Waals surface area contributed by atoms with Gasteiger partial charge in [0.25, 0.3) is 5.91 Å². The van der Waals surface area contributed by atoms with Gasteiger partial charge in [-0.1, -0.05) is 0 Å². The first-order valence-electron chi connectivity index (χ1n) is 8.28. The summed E-state index contributed by atoms with van der Waals surface area (Å²) >= 11 is 0. The number of anilines is 1. The zero-order valence-corrected chi connectivity index (χ0v) is 14.8. The molecule has 5 nitrogen and oxygen atoms in total. The van der Waals surface area contributed by atoms with Crippen molar-refractivity contribution in [2.75, 3.05) is 25.5 Å². The molecule has 0 unspecified atom stereocenters. The molecule has 1 aromatic heterocycles. The zero-order chi connectivity index (χ0) is 18.0. The van der Waals surface area contributed by atoms with Gasteiger partial charge in [0.05, 0.1) is 0 Å². The lowest BCUT2D eigenvalue weighted by Gasteiger charge is -2.12. The Kier molecular flexibility index (Phi) is 4.65. The number of nitrogens with one attached hydrogen (secondary N) is 1. The Morgan fingerprint density at radius 2 is 1.88 bits per heavy atom. The Labute approximate surface area is 147 Å². The Morgan fingerprint density at radius 3 is 2.56 bits per heavy atom. The van der Waals surface area contributed by atoms with Crippen molar-refractivity contribution in [2.24, 2.45) is 7.05 Å². The number of nitrogens with zero attached hydrogens (tertiary/aromatic N) is 2. The lowest BCUT2D eigenvalue weighted by molar-refractivity contribution is 0.0954. The molecule has 0 atom stereocenters. The standard InChI is InChI=1S/C20H23N3O2/c1-22(2)16-6-4-14(5-7-16)20(25)21-11-10-15-13-23(3)19-9-8-17(24)12-18(15)19/h4-9,12-13,24H,10-11H2,1-3H3,(H,21,25). The molecular formula is C20H23N3O2. The molecule has 25 heavy (non-hydrogen) atoms. The van der Waals surface area contributed by atoms with Gasteiger partial charge in [-0.05, 0) is 54.4 Å². The summed E-state index contributed by atoms with van der Waals surface area (Å²) < 4.78 is 2.03. The van der Waals surface area contributed by atoms with Crippen LogP contribution in [0.15, 0.2) is 48.7 Å². The van der Waals surface area contributed by atoms with Crippen molar-refractivity contribution in [1.82, 2.24) is 9.88 Å². The minimum absolute atomic E-state index is 0.0756. The van der Waals surface area contributed by atoms with Crippen LogP contribution in [0.2, 0.25) is 0 Å². The number of rotatable bonds is 5. The summed E-state index contributed by atoms with van der Waals surface area (Å²) in [6, 6.07) is 12.9. The van der Waals surface area contributed by atoms with E-state index in [1.54, 1.807) is 12.1 Å². The monoisotopic (exact) mass is 337 g/mol. The molecule has 130 valence electrons. The number of carbonyl (C=O) groups excluding carboxylic acids is 1. The van der Waals surface area contributed by atoms with Crippen molar-refractivity contribution in [3.05, 3.63) is 59.8 Å². The van der Waals surface area contributed by atoms with E-state index in [1.807, 2.05) is 67.1 Å². The Bertz CT molecular complexity index is 895. The van der Waals surface area contributed by atoms with E-state index >= 15 is 0 Å². The fourth-order valence-corrected chi connectivity index (χ4v) is 2.98. The predicted molar refractivity (Wildman–Crippen MR) is 101 cm³/mol. The average molecular weight is 337 g/mol. The van der Waals surface area contributed by atoms with Crippen LogP contribution in [0.25, 0.3) is 10.9 Å². The van der Waals surface area contributed by atoms with Crippen LogP contribution in [0.4, 0.5) is 5.69 Å². The summed E-state index contributed by atoms with van der Waals surface area (Å²) in [5.74, 6) is 0.179. The van der Waals surface area contributed by atoms with Crippen molar-refractivity contribution < 1.29 is 9.90 Å². The average Bonchev–Trinajstić information content (AvgIpc) is 2.90.